The second-order valence-electron chi connectivity index (χ2n) is 11.8. The van der Waals surface area contributed by atoms with Gasteiger partial charge in [-0.25, -0.2) is 23.4 Å². The van der Waals surface area contributed by atoms with Gasteiger partial charge in [-0.15, -0.1) is 0 Å². The van der Waals surface area contributed by atoms with Crippen molar-refractivity contribution in [2.75, 3.05) is 73.1 Å². The van der Waals surface area contributed by atoms with Gasteiger partial charge >= 0.3 is 12.2 Å². The van der Waals surface area contributed by atoms with Crippen molar-refractivity contribution in [3.05, 3.63) is 48.0 Å². The van der Waals surface area contributed by atoms with E-state index >= 15 is 0 Å². The van der Waals surface area contributed by atoms with E-state index in [-0.39, 0.29) is 12.2 Å². The highest BCUT2D eigenvalue weighted by Crippen LogP contribution is 2.30. The maximum Gasteiger partial charge on any atom is 0.414 e. The van der Waals surface area contributed by atoms with E-state index in [1.54, 1.807) is 40.4 Å². The van der Waals surface area contributed by atoms with Crippen molar-refractivity contribution in [1.29, 1.82) is 0 Å². The Balaban J connectivity index is 0.000000202. The van der Waals surface area contributed by atoms with E-state index < -0.39 is 23.8 Å². The van der Waals surface area contributed by atoms with Crippen molar-refractivity contribution >= 4 is 88.6 Å². The summed E-state index contributed by atoms with van der Waals surface area (Å²) < 4.78 is 49.6. The first kappa shape index (κ1) is 38.1. The van der Waals surface area contributed by atoms with Crippen molar-refractivity contribution in [1.82, 2.24) is 10.4 Å². The molecule has 3 amide bonds. The van der Waals surface area contributed by atoms with Crippen LogP contribution in [-0.2, 0) is 23.7 Å². The summed E-state index contributed by atoms with van der Waals surface area (Å²) in [5.41, 5.74) is 4.44. The van der Waals surface area contributed by atoms with Gasteiger partial charge in [0.2, 0.25) is 6.41 Å². The number of halogens is 2. The minimum Gasteiger partial charge on any atom is -0.490 e. The third kappa shape index (κ3) is 9.58. The number of nitrogens with zero attached hydrogens (tertiary/aromatic N) is 7. The lowest BCUT2D eigenvalue weighted by Gasteiger charge is -2.27. The zero-order valence-corrected chi connectivity index (χ0v) is 30.1. The van der Waals surface area contributed by atoms with Crippen molar-refractivity contribution in [3.8, 4) is 0 Å². The summed E-state index contributed by atoms with van der Waals surface area (Å²) in [6, 6.07) is 9.21. The van der Waals surface area contributed by atoms with Crippen LogP contribution in [0.3, 0.4) is 0 Å². The van der Waals surface area contributed by atoms with Crippen molar-refractivity contribution in [3.63, 3.8) is 0 Å². The normalized spacial score (nSPS) is 19.4. The van der Waals surface area contributed by atoms with Crippen LogP contribution in [-0.4, -0.2) is 112 Å². The number of amides is 3. The number of hydrazone groups is 2. The van der Waals surface area contributed by atoms with Crippen LogP contribution >= 0.6 is 24.4 Å². The van der Waals surface area contributed by atoms with Gasteiger partial charge in [0.25, 0.3) is 0 Å². The number of cyclic esters (lactones) is 2. The molecule has 278 valence electrons. The fourth-order valence-electron chi connectivity index (χ4n) is 5.62. The molecular weight excluding hydrogens is 723 g/mol. The van der Waals surface area contributed by atoms with E-state index in [0.717, 1.165) is 0 Å². The summed E-state index contributed by atoms with van der Waals surface area (Å²) in [5.74, 6) is -0.905. The molecule has 2 aromatic carbocycles. The molecule has 6 rings (SSSR count). The number of carbonyl (C=O) groups is 3. The molecule has 0 unspecified atom stereocenters. The first-order chi connectivity index (χ1) is 25.1. The number of hydrogen-bond acceptors (Lipinski definition) is 14. The largest absolute Gasteiger partial charge is 0.490 e. The third-order valence-electron chi connectivity index (χ3n) is 8.43. The molecule has 1 N–H and O–H groups in total. The van der Waals surface area contributed by atoms with Crippen molar-refractivity contribution in [2.24, 2.45) is 10.2 Å². The number of methoxy groups -OCH3 is 2. The molecule has 2 saturated heterocycles. The van der Waals surface area contributed by atoms with Gasteiger partial charge in [-0.1, -0.05) is 0 Å². The summed E-state index contributed by atoms with van der Waals surface area (Å²) in [5, 5.41) is 9.99. The van der Waals surface area contributed by atoms with E-state index in [0.29, 0.717) is 104 Å². The van der Waals surface area contributed by atoms with E-state index in [1.807, 2.05) is 0 Å². The molecule has 0 bridgehead atoms. The maximum atomic E-state index is 14.6. The fraction of sp³-hybridized carbons (Fsp3) is 0.424. The standard InChI is InChI=1S/C17H19FN4O4S.C16H19FN4O3S/c1-25-16(27)5-3-13-9-22(17(24)26-13)12-2-4-15(14(18)8-12)20-6-7-21(11-23)19-10-20;1-23-15(25)5-3-12-9-21(16(22)24-12)11-2-4-14(13(17)8-11)20-7-6-18-19-10-20/h2,4,8,10-11,13H,3,5-7,9H2,1H3;2,4,8,10,12,18H,3,5-7,9H2,1H3/t13-;12-/m00/s1. The van der Waals surface area contributed by atoms with E-state index in [9.17, 15) is 23.2 Å². The van der Waals surface area contributed by atoms with Crippen LogP contribution in [0.15, 0.2) is 46.6 Å². The van der Waals surface area contributed by atoms with E-state index in [1.165, 1.54) is 47.5 Å². The number of benzene rings is 2. The average molecular weight is 761 g/mol. The smallest absolute Gasteiger partial charge is 0.414 e. The molecule has 0 radical (unpaired) electrons. The Morgan fingerprint density at radius 1 is 0.846 bits per heavy atom. The number of anilines is 4. The van der Waals surface area contributed by atoms with Gasteiger partial charge in [-0.3, -0.25) is 14.6 Å². The Morgan fingerprint density at radius 2 is 1.37 bits per heavy atom. The fourth-order valence-corrected chi connectivity index (χ4v) is 5.86. The topological polar surface area (TPSA) is 141 Å². The molecule has 19 heteroatoms. The summed E-state index contributed by atoms with van der Waals surface area (Å²) >= 11 is 9.98. The molecule has 0 spiro atoms. The van der Waals surface area contributed by atoms with Crippen LogP contribution in [0.1, 0.15) is 25.7 Å². The Kier molecular flexibility index (Phi) is 13.1. The number of carbonyl (C=O) groups excluding carboxylic acids is 3. The monoisotopic (exact) mass is 760 g/mol. The lowest BCUT2D eigenvalue weighted by atomic mass is 10.2. The van der Waals surface area contributed by atoms with Crippen LogP contribution in [0.25, 0.3) is 0 Å². The highest BCUT2D eigenvalue weighted by Gasteiger charge is 2.34. The lowest BCUT2D eigenvalue weighted by Crippen LogP contribution is -2.37. The molecule has 0 aliphatic carbocycles. The van der Waals surface area contributed by atoms with Gasteiger partial charge in [0.05, 0.1) is 63.1 Å². The number of ether oxygens (including phenoxy) is 4. The van der Waals surface area contributed by atoms with Crippen LogP contribution in [0.5, 0.6) is 0 Å². The molecule has 0 aromatic heterocycles. The minimum atomic E-state index is -0.517. The van der Waals surface area contributed by atoms with E-state index in [2.05, 4.69) is 15.6 Å². The maximum absolute atomic E-state index is 14.6. The lowest BCUT2D eigenvalue weighted by molar-refractivity contribution is -0.118. The molecule has 4 heterocycles. The molecule has 2 fully saturated rings. The summed E-state index contributed by atoms with van der Waals surface area (Å²) in [7, 11) is 3.02. The van der Waals surface area contributed by atoms with Gasteiger partial charge in [-0.2, -0.15) is 10.2 Å². The third-order valence-corrected chi connectivity index (χ3v) is 9.17. The van der Waals surface area contributed by atoms with Crippen LogP contribution in [0, 0.1) is 11.6 Å². The van der Waals surface area contributed by atoms with Crippen molar-refractivity contribution in [2.45, 2.75) is 37.9 Å². The molecule has 4 aliphatic rings. The van der Waals surface area contributed by atoms with Gasteiger partial charge in [0, 0.05) is 25.9 Å². The predicted molar refractivity (Wildman–Crippen MR) is 198 cm³/mol. The SMILES string of the molecule is COC(=S)CC[C@H]1CN(c2ccc(N3C=NN(C=O)CC3)c(F)c2)C(=O)O1.COC(=S)CC[C@H]1CN(c2ccc(N3C=NNCC3)c(F)c2)C(=O)O1. The summed E-state index contributed by atoms with van der Waals surface area (Å²) in [4.78, 5) is 41.0. The predicted octanol–water partition coefficient (Wildman–Crippen LogP) is 4.38. The van der Waals surface area contributed by atoms with Gasteiger partial charge < -0.3 is 34.2 Å². The minimum absolute atomic E-state index is 0.288. The first-order valence-electron chi connectivity index (χ1n) is 16.3. The molecule has 15 nitrogen and oxygen atoms in total. The van der Waals surface area contributed by atoms with Crippen LogP contribution in [0.2, 0.25) is 0 Å². The Morgan fingerprint density at radius 3 is 1.77 bits per heavy atom. The van der Waals surface area contributed by atoms with E-state index in [4.69, 9.17) is 43.4 Å². The summed E-state index contributed by atoms with van der Waals surface area (Å²) in [6.45, 7) is 2.73. The van der Waals surface area contributed by atoms with Gasteiger partial charge in [0.15, 0.2) is 10.1 Å². The number of hydrogen-bond donors (Lipinski definition) is 1. The zero-order valence-electron chi connectivity index (χ0n) is 28.5. The number of nitrogens with one attached hydrogen (secondary N) is 1. The Hall–Kier alpha value is -5.17. The Bertz CT molecular complexity index is 1720. The second kappa shape index (κ2) is 17.9. The molecule has 0 saturated carbocycles. The average Bonchev–Trinajstić information content (AvgIpc) is 3.74. The second-order valence-corrected chi connectivity index (χ2v) is 12.7. The number of thiocarbonyl (C=S) groups is 2. The molecule has 2 aromatic rings. The molecule has 4 aliphatic heterocycles. The van der Waals surface area contributed by atoms with Crippen LogP contribution < -0.4 is 25.0 Å². The zero-order chi connectivity index (χ0) is 37.2. The molecule has 2 atom stereocenters. The van der Waals surface area contributed by atoms with Gasteiger partial charge in [0.1, 0.15) is 36.5 Å². The Labute approximate surface area is 309 Å². The quantitative estimate of drug-likeness (QED) is 0.257. The summed E-state index contributed by atoms with van der Waals surface area (Å²) in [6.07, 6.45) is 4.11. The molecular formula is C33H38F2N8O7S2. The van der Waals surface area contributed by atoms with Crippen LogP contribution in [0.4, 0.5) is 41.1 Å². The highest BCUT2D eigenvalue weighted by atomic mass is 32.1. The first-order valence-corrected chi connectivity index (χ1v) is 17.2. The molecule has 52 heavy (non-hydrogen) atoms. The van der Waals surface area contributed by atoms with Gasteiger partial charge in [-0.05, 0) is 73.7 Å². The highest BCUT2D eigenvalue weighted by molar-refractivity contribution is 7.80. The number of rotatable bonds is 11. The van der Waals surface area contributed by atoms with Crippen molar-refractivity contribution < 1.29 is 42.1 Å².